The molecule has 0 aliphatic heterocycles. The van der Waals surface area contributed by atoms with E-state index in [4.69, 9.17) is 13.9 Å². The number of carbonyl (C=O) groups excluding carboxylic acids is 2. The smallest absolute Gasteiger partial charge is 0.318 e. The quantitative estimate of drug-likeness (QED) is 0.376. The summed E-state index contributed by atoms with van der Waals surface area (Å²) in [5, 5.41) is 0. The van der Waals surface area contributed by atoms with Crippen molar-refractivity contribution in [2.24, 2.45) is 5.92 Å². The summed E-state index contributed by atoms with van der Waals surface area (Å²) in [7, 11) is 4.53. The summed E-state index contributed by atoms with van der Waals surface area (Å²) in [6, 6.07) is 17.1. The van der Waals surface area contributed by atoms with Crippen LogP contribution in [0.1, 0.15) is 17.0 Å². The van der Waals surface area contributed by atoms with Gasteiger partial charge in [0.1, 0.15) is 17.4 Å². The lowest BCUT2D eigenvalue weighted by molar-refractivity contribution is -0.152. The van der Waals surface area contributed by atoms with Crippen molar-refractivity contribution in [2.75, 3.05) is 27.8 Å². The van der Waals surface area contributed by atoms with E-state index in [1.807, 2.05) is 61.5 Å². The number of methoxy groups -OCH3 is 1. The van der Waals surface area contributed by atoms with Crippen molar-refractivity contribution in [3.05, 3.63) is 71.6 Å². The fourth-order valence-electron chi connectivity index (χ4n) is 3.31. The highest BCUT2D eigenvalue weighted by Gasteiger charge is 2.29. The van der Waals surface area contributed by atoms with E-state index in [2.05, 4.69) is 4.98 Å². The molecule has 0 spiro atoms. The maximum absolute atomic E-state index is 12.3. The van der Waals surface area contributed by atoms with Crippen molar-refractivity contribution in [1.82, 2.24) is 9.88 Å². The maximum atomic E-state index is 12.3. The van der Waals surface area contributed by atoms with Gasteiger partial charge < -0.3 is 18.8 Å². The van der Waals surface area contributed by atoms with Crippen molar-refractivity contribution < 1.29 is 23.5 Å². The Morgan fingerprint density at radius 2 is 1.75 bits per heavy atom. The van der Waals surface area contributed by atoms with Crippen LogP contribution in [0.5, 0.6) is 5.75 Å². The number of nitrogens with zero attached hydrogens (tertiary/aromatic N) is 2. The van der Waals surface area contributed by atoms with Crippen LogP contribution in [-0.4, -0.2) is 49.6 Å². The molecule has 1 aromatic heterocycles. The van der Waals surface area contributed by atoms with Crippen molar-refractivity contribution in [3.8, 4) is 17.2 Å². The van der Waals surface area contributed by atoms with Gasteiger partial charge in [0.15, 0.2) is 0 Å². The van der Waals surface area contributed by atoms with Gasteiger partial charge in [-0.1, -0.05) is 30.3 Å². The molecule has 0 bridgehead atoms. The van der Waals surface area contributed by atoms with Gasteiger partial charge in [-0.15, -0.1) is 0 Å². The Morgan fingerprint density at radius 1 is 1.06 bits per heavy atom. The van der Waals surface area contributed by atoms with Crippen molar-refractivity contribution >= 4 is 11.9 Å². The Morgan fingerprint density at radius 3 is 2.38 bits per heavy atom. The SMILES string of the molecule is COC(=O)C(Cc1ccc(OCCc2nc(-c3ccccc3)oc2C)cc1)C(=O)N(C)C. The number of benzene rings is 2. The standard InChI is InChI=1S/C25H28N2O5/c1-17-22(26-23(32-17)19-8-6-5-7-9-19)14-15-31-20-12-10-18(11-13-20)16-21(25(29)30-4)24(28)27(2)3/h5-13,21H,14-16H2,1-4H3. The topological polar surface area (TPSA) is 81.9 Å². The molecule has 7 nitrogen and oxygen atoms in total. The van der Waals surface area contributed by atoms with Crippen LogP contribution in [0.3, 0.4) is 0 Å². The summed E-state index contributed by atoms with van der Waals surface area (Å²) in [5.74, 6) is 0.400. The van der Waals surface area contributed by atoms with Gasteiger partial charge in [0.25, 0.3) is 0 Å². The number of hydrogen-bond acceptors (Lipinski definition) is 6. The third-order valence-electron chi connectivity index (χ3n) is 5.11. The fourth-order valence-corrected chi connectivity index (χ4v) is 3.31. The number of hydrogen-bond donors (Lipinski definition) is 0. The highest BCUT2D eigenvalue weighted by Crippen LogP contribution is 2.22. The third-order valence-corrected chi connectivity index (χ3v) is 5.11. The van der Waals surface area contributed by atoms with Crippen LogP contribution in [-0.2, 0) is 27.2 Å². The molecule has 0 N–H and O–H groups in total. The van der Waals surface area contributed by atoms with Crippen molar-refractivity contribution in [1.29, 1.82) is 0 Å². The van der Waals surface area contributed by atoms with Gasteiger partial charge in [0, 0.05) is 26.1 Å². The molecule has 0 radical (unpaired) electrons. The second-order valence-corrected chi connectivity index (χ2v) is 7.64. The molecule has 1 atom stereocenters. The predicted octanol–water partition coefficient (Wildman–Crippen LogP) is 3.69. The molecule has 0 saturated carbocycles. The van der Waals surface area contributed by atoms with Gasteiger partial charge in [-0.25, -0.2) is 4.98 Å². The lowest BCUT2D eigenvalue weighted by Gasteiger charge is -2.18. The van der Waals surface area contributed by atoms with Crippen LogP contribution in [0, 0.1) is 12.8 Å². The third kappa shape index (κ3) is 5.75. The first kappa shape index (κ1) is 23.1. The van der Waals surface area contributed by atoms with Gasteiger partial charge in [-0.05, 0) is 43.2 Å². The number of aryl methyl sites for hydroxylation is 1. The van der Waals surface area contributed by atoms with E-state index < -0.39 is 11.9 Å². The largest absolute Gasteiger partial charge is 0.493 e. The zero-order chi connectivity index (χ0) is 23.1. The van der Waals surface area contributed by atoms with Crippen LogP contribution in [0.25, 0.3) is 11.5 Å². The summed E-state index contributed by atoms with van der Waals surface area (Å²) in [6.45, 7) is 2.35. The molecule has 0 aliphatic carbocycles. The molecule has 1 unspecified atom stereocenters. The minimum atomic E-state index is -0.865. The Hall–Kier alpha value is -3.61. The molecule has 1 amide bonds. The molecule has 32 heavy (non-hydrogen) atoms. The summed E-state index contributed by atoms with van der Waals surface area (Å²) in [4.78, 5) is 30.3. The molecule has 2 aromatic carbocycles. The fraction of sp³-hybridized carbons (Fsp3) is 0.320. The average molecular weight is 437 g/mol. The van der Waals surface area contributed by atoms with Gasteiger partial charge in [0.05, 0.1) is 19.4 Å². The minimum absolute atomic E-state index is 0.268. The number of esters is 1. The van der Waals surface area contributed by atoms with Crippen molar-refractivity contribution in [2.45, 2.75) is 19.8 Å². The van der Waals surface area contributed by atoms with Crippen LogP contribution in [0.4, 0.5) is 0 Å². The number of amides is 1. The normalized spacial score (nSPS) is 11.6. The minimum Gasteiger partial charge on any atom is -0.493 e. The molecule has 0 fully saturated rings. The monoisotopic (exact) mass is 436 g/mol. The lowest BCUT2D eigenvalue weighted by atomic mass is 9.98. The molecular weight excluding hydrogens is 408 g/mol. The van der Waals surface area contributed by atoms with E-state index in [1.165, 1.54) is 12.0 Å². The Balaban J connectivity index is 1.57. The highest BCUT2D eigenvalue weighted by atomic mass is 16.5. The summed E-state index contributed by atoms with van der Waals surface area (Å²) in [6.07, 6.45) is 0.885. The molecule has 7 heteroatoms. The molecule has 3 rings (SSSR count). The van der Waals surface area contributed by atoms with Gasteiger partial charge in [0.2, 0.25) is 11.8 Å². The second-order valence-electron chi connectivity index (χ2n) is 7.64. The molecule has 0 saturated heterocycles. The van der Waals surface area contributed by atoms with E-state index >= 15 is 0 Å². The Labute approximate surface area is 188 Å². The summed E-state index contributed by atoms with van der Waals surface area (Å²) >= 11 is 0. The van der Waals surface area contributed by atoms with E-state index in [1.54, 1.807) is 14.1 Å². The average Bonchev–Trinajstić information content (AvgIpc) is 3.18. The predicted molar refractivity (Wildman–Crippen MR) is 120 cm³/mol. The van der Waals surface area contributed by atoms with Gasteiger partial charge >= 0.3 is 5.97 Å². The number of rotatable bonds is 9. The van der Waals surface area contributed by atoms with E-state index in [-0.39, 0.29) is 12.3 Å². The first-order valence-corrected chi connectivity index (χ1v) is 10.4. The van der Waals surface area contributed by atoms with Crippen LogP contribution >= 0.6 is 0 Å². The van der Waals surface area contributed by atoms with Crippen LogP contribution in [0.2, 0.25) is 0 Å². The second kappa shape index (κ2) is 10.6. The lowest BCUT2D eigenvalue weighted by Crippen LogP contribution is -2.36. The summed E-state index contributed by atoms with van der Waals surface area (Å²) in [5.41, 5.74) is 2.66. The van der Waals surface area contributed by atoms with Gasteiger partial charge in [-0.2, -0.15) is 0 Å². The van der Waals surface area contributed by atoms with Gasteiger partial charge in [-0.3, -0.25) is 9.59 Å². The highest BCUT2D eigenvalue weighted by molar-refractivity contribution is 5.97. The Kier molecular flexibility index (Phi) is 7.65. The summed E-state index contributed by atoms with van der Waals surface area (Å²) < 4.78 is 16.4. The van der Waals surface area contributed by atoms with E-state index in [9.17, 15) is 9.59 Å². The maximum Gasteiger partial charge on any atom is 0.318 e. The molecule has 1 heterocycles. The van der Waals surface area contributed by atoms with Crippen LogP contribution < -0.4 is 4.74 Å². The van der Waals surface area contributed by atoms with E-state index in [0.29, 0.717) is 24.7 Å². The van der Waals surface area contributed by atoms with E-state index in [0.717, 1.165) is 22.6 Å². The zero-order valence-corrected chi connectivity index (χ0v) is 18.8. The van der Waals surface area contributed by atoms with Crippen molar-refractivity contribution in [3.63, 3.8) is 0 Å². The zero-order valence-electron chi connectivity index (χ0n) is 18.8. The molecule has 168 valence electrons. The molecular formula is C25H28N2O5. The van der Waals surface area contributed by atoms with Crippen LogP contribution in [0.15, 0.2) is 59.0 Å². The number of oxazole rings is 1. The first-order chi connectivity index (χ1) is 15.4. The first-order valence-electron chi connectivity index (χ1n) is 10.4. The number of ether oxygens (including phenoxy) is 2. The number of aromatic nitrogens is 1. The Bertz CT molecular complexity index is 1040. The molecule has 0 aliphatic rings. The molecule has 3 aromatic rings. The number of carbonyl (C=O) groups is 2.